The van der Waals surface area contributed by atoms with E-state index in [1.165, 1.54) is 50.5 Å². The number of hydrogen-bond donors (Lipinski definition) is 0. The fraction of sp³-hybridized carbons (Fsp3) is 0.688. The van der Waals surface area contributed by atoms with E-state index in [1.807, 2.05) is 18.5 Å². The smallest absolute Gasteiger partial charge is 0.0299 e. The van der Waals surface area contributed by atoms with Gasteiger partial charge < -0.3 is 0 Å². The van der Waals surface area contributed by atoms with E-state index in [9.17, 15) is 0 Å². The van der Waals surface area contributed by atoms with Gasteiger partial charge in [-0.25, -0.2) is 0 Å². The summed E-state index contributed by atoms with van der Waals surface area (Å²) in [6.07, 6.45) is 13.1. The summed E-state index contributed by atoms with van der Waals surface area (Å²) in [7, 11) is 0. The predicted octanol–water partition coefficient (Wildman–Crippen LogP) is 5.01. The Bertz CT molecular complexity index is 290. The van der Waals surface area contributed by atoms with Crippen LogP contribution >= 0.6 is 0 Å². The van der Waals surface area contributed by atoms with E-state index in [0.717, 1.165) is 0 Å². The summed E-state index contributed by atoms with van der Waals surface area (Å²) in [6, 6.07) is 4.21. The minimum atomic E-state index is 0.511. The van der Waals surface area contributed by atoms with E-state index >= 15 is 0 Å². The molecule has 0 aliphatic heterocycles. The van der Waals surface area contributed by atoms with E-state index in [1.54, 1.807) is 0 Å². The molecule has 1 aromatic rings. The molecule has 0 bridgehead atoms. The van der Waals surface area contributed by atoms with Gasteiger partial charge in [-0.15, -0.1) is 0 Å². The van der Waals surface area contributed by atoms with Gasteiger partial charge >= 0.3 is 0 Å². The van der Waals surface area contributed by atoms with E-state index < -0.39 is 0 Å². The summed E-state index contributed by atoms with van der Waals surface area (Å²) in [5.74, 6) is 0. The lowest BCUT2D eigenvalue weighted by Crippen LogP contribution is -2.11. The summed E-state index contributed by atoms with van der Waals surface area (Å²) in [5, 5.41) is 0. The van der Waals surface area contributed by atoms with Crippen LogP contribution in [0.4, 0.5) is 0 Å². The van der Waals surface area contributed by atoms with Crippen LogP contribution in [0.5, 0.6) is 0 Å². The molecule has 0 amide bonds. The Morgan fingerprint density at radius 1 is 1.12 bits per heavy atom. The number of hydrogen-bond acceptors (Lipinski definition) is 1. The molecule has 17 heavy (non-hydrogen) atoms. The van der Waals surface area contributed by atoms with Crippen molar-refractivity contribution in [2.75, 3.05) is 0 Å². The van der Waals surface area contributed by atoms with Gasteiger partial charge in [0.15, 0.2) is 0 Å². The van der Waals surface area contributed by atoms with E-state index in [4.69, 9.17) is 0 Å². The standard InChI is InChI=1S/C16H27N/c1-4-5-6-11-16(2,3)12-7-9-15-10-8-13-17-14-15/h8,10,13-14H,4-7,9,11-12H2,1-3H3. The van der Waals surface area contributed by atoms with Crippen molar-refractivity contribution in [1.29, 1.82) is 0 Å². The van der Waals surface area contributed by atoms with Gasteiger partial charge in [-0.3, -0.25) is 4.98 Å². The number of aryl methyl sites for hydroxylation is 1. The molecule has 1 aromatic heterocycles. The maximum absolute atomic E-state index is 4.16. The average Bonchev–Trinajstić information content (AvgIpc) is 2.30. The Morgan fingerprint density at radius 2 is 1.88 bits per heavy atom. The zero-order valence-corrected chi connectivity index (χ0v) is 11.7. The number of unbranched alkanes of at least 4 members (excludes halogenated alkanes) is 2. The Hall–Kier alpha value is -0.850. The molecule has 1 heteroatoms. The molecule has 1 nitrogen and oxygen atoms in total. The van der Waals surface area contributed by atoms with Crippen LogP contribution in [-0.4, -0.2) is 4.98 Å². The zero-order valence-electron chi connectivity index (χ0n) is 11.7. The molecular weight excluding hydrogens is 206 g/mol. The topological polar surface area (TPSA) is 12.9 Å². The van der Waals surface area contributed by atoms with Crippen LogP contribution in [0.2, 0.25) is 0 Å². The van der Waals surface area contributed by atoms with Crippen molar-refractivity contribution >= 4 is 0 Å². The third-order valence-corrected chi connectivity index (χ3v) is 3.50. The third kappa shape index (κ3) is 6.45. The van der Waals surface area contributed by atoms with E-state index in [-0.39, 0.29) is 0 Å². The molecule has 1 heterocycles. The molecule has 0 unspecified atom stereocenters. The normalized spacial score (nSPS) is 11.7. The third-order valence-electron chi connectivity index (χ3n) is 3.50. The van der Waals surface area contributed by atoms with Crippen molar-refractivity contribution in [2.45, 2.75) is 65.7 Å². The highest BCUT2D eigenvalue weighted by molar-refractivity contribution is 5.08. The first-order chi connectivity index (χ1) is 8.14. The van der Waals surface area contributed by atoms with Crippen LogP contribution in [0.1, 0.15) is 64.9 Å². The summed E-state index contributed by atoms with van der Waals surface area (Å²) < 4.78 is 0. The molecule has 0 saturated carbocycles. The first-order valence-corrected chi connectivity index (χ1v) is 7.03. The first kappa shape index (κ1) is 14.2. The van der Waals surface area contributed by atoms with Gasteiger partial charge in [0.1, 0.15) is 0 Å². The van der Waals surface area contributed by atoms with Crippen LogP contribution in [0.25, 0.3) is 0 Å². The first-order valence-electron chi connectivity index (χ1n) is 7.03. The number of nitrogens with zero attached hydrogens (tertiary/aromatic N) is 1. The second-order valence-electron chi connectivity index (χ2n) is 5.84. The largest absolute Gasteiger partial charge is 0.264 e. The fourth-order valence-corrected chi connectivity index (χ4v) is 2.30. The lowest BCUT2D eigenvalue weighted by molar-refractivity contribution is 0.288. The lowest BCUT2D eigenvalue weighted by atomic mass is 9.82. The van der Waals surface area contributed by atoms with Gasteiger partial charge in [0.05, 0.1) is 0 Å². The SMILES string of the molecule is CCCCCC(C)(C)CCCc1cccnc1. The highest BCUT2D eigenvalue weighted by Gasteiger charge is 2.16. The second-order valence-corrected chi connectivity index (χ2v) is 5.84. The van der Waals surface area contributed by atoms with Crippen molar-refractivity contribution in [3.05, 3.63) is 30.1 Å². The molecular formula is C16H27N. The van der Waals surface area contributed by atoms with Gasteiger partial charge in [-0.1, -0.05) is 46.1 Å². The molecule has 0 spiro atoms. The molecule has 0 aliphatic rings. The lowest BCUT2D eigenvalue weighted by Gasteiger charge is -2.24. The summed E-state index contributed by atoms with van der Waals surface area (Å²) in [4.78, 5) is 4.16. The molecule has 0 saturated heterocycles. The maximum atomic E-state index is 4.16. The summed E-state index contributed by atoms with van der Waals surface area (Å²) in [5.41, 5.74) is 1.88. The van der Waals surface area contributed by atoms with Crippen LogP contribution in [0, 0.1) is 5.41 Å². The number of pyridine rings is 1. The highest BCUT2D eigenvalue weighted by atomic mass is 14.6. The van der Waals surface area contributed by atoms with Crippen LogP contribution in [-0.2, 0) is 6.42 Å². The molecule has 0 N–H and O–H groups in total. The average molecular weight is 233 g/mol. The molecule has 0 radical (unpaired) electrons. The Kier molecular flexibility index (Phi) is 6.25. The molecule has 0 atom stereocenters. The van der Waals surface area contributed by atoms with Crippen molar-refractivity contribution < 1.29 is 0 Å². The van der Waals surface area contributed by atoms with E-state index in [0.29, 0.717) is 5.41 Å². The quantitative estimate of drug-likeness (QED) is 0.575. The Morgan fingerprint density at radius 3 is 2.53 bits per heavy atom. The summed E-state index contributed by atoms with van der Waals surface area (Å²) >= 11 is 0. The van der Waals surface area contributed by atoms with Crippen LogP contribution in [0.3, 0.4) is 0 Å². The number of rotatable bonds is 8. The Labute approximate surface area is 107 Å². The second kappa shape index (κ2) is 7.47. The van der Waals surface area contributed by atoms with Crippen molar-refractivity contribution in [2.24, 2.45) is 5.41 Å². The maximum Gasteiger partial charge on any atom is 0.0299 e. The fourth-order valence-electron chi connectivity index (χ4n) is 2.30. The van der Waals surface area contributed by atoms with Gasteiger partial charge in [0.2, 0.25) is 0 Å². The molecule has 0 fully saturated rings. The zero-order chi connectivity index (χ0) is 12.6. The molecule has 0 aromatic carbocycles. The minimum absolute atomic E-state index is 0.511. The van der Waals surface area contributed by atoms with Crippen molar-refractivity contribution in [3.63, 3.8) is 0 Å². The molecule has 96 valence electrons. The molecule has 1 rings (SSSR count). The van der Waals surface area contributed by atoms with Crippen molar-refractivity contribution in [1.82, 2.24) is 4.98 Å². The van der Waals surface area contributed by atoms with Gasteiger partial charge in [-0.05, 0) is 42.7 Å². The van der Waals surface area contributed by atoms with Crippen LogP contribution < -0.4 is 0 Å². The van der Waals surface area contributed by atoms with Crippen molar-refractivity contribution in [3.8, 4) is 0 Å². The highest BCUT2D eigenvalue weighted by Crippen LogP contribution is 2.29. The summed E-state index contributed by atoms with van der Waals surface area (Å²) in [6.45, 7) is 7.09. The predicted molar refractivity (Wildman–Crippen MR) is 75.1 cm³/mol. The Balaban J connectivity index is 2.20. The van der Waals surface area contributed by atoms with Gasteiger partial charge in [-0.2, -0.15) is 0 Å². The number of aromatic nitrogens is 1. The van der Waals surface area contributed by atoms with Crippen LogP contribution in [0.15, 0.2) is 24.5 Å². The monoisotopic (exact) mass is 233 g/mol. The van der Waals surface area contributed by atoms with Gasteiger partial charge in [0, 0.05) is 12.4 Å². The molecule has 0 aliphatic carbocycles. The minimum Gasteiger partial charge on any atom is -0.264 e. The van der Waals surface area contributed by atoms with Gasteiger partial charge in [0.25, 0.3) is 0 Å². The van der Waals surface area contributed by atoms with E-state index in [2.05, 4.69) is 31.8 Å².